The molecule has 0 bridgehead atoms. The van der Waals surface area contributed by atoms with Crippen molar-refractivity contribution >= 4 is 5.91 Å². The molecule has 1 aliphatic heterocycles. The lowest BCUT2D eigenvalue weighted by atomic mass is 9.70. The van der Waals surface area contributed by atoms with Crippen molar-refractivity contribution in [1.82, 2.24) is 4.90 Å². The van der Waals surface area contributed by atoms with Gasteiger partial charge in [-0.1, -0.05) is 13.8 Å². The molecule has 2 unspecified atom stereocenters. The summed E-state index contributed by atoms with van der Waals surface area (Å²) in [6, 6.07) is 0. The van der Waals surface area contributed by atoms with Gasteiger partial charge in [0.05, 0.1) is 0 Å². The van der Waals surface area contributed by atoms with Gasteiger partial charge < -0.3 is 10.6 Å². The number of fused-ring (bicyclic) bond motifs is 1. The predicted molar refractivity (Wildman–Crippen MR) is 55.7 cm³/mol. The van der Waals surface area contributed by atoms with Crippen LogP contribution < -0.4 is 5.73 Å². The number of carbonyl (C=O) groups is 1. The lowest BCUT2D eigenvalue weighted by Gasteiger charge is -2.39. The third kappa shape index (κ3) is 1.54. The molecule has 0 aromatic rings. The van der Waals surface area contributed by atoms with Crippen LogP contribution in [0.4, 0.5) is 0 Å². The van der Waals surface area contributed by atoms with E-state index < -0.39 is 0 Å². The fourth-order valence-electron chi connectivity index (χ4n) is 2.55. The molecule has 3 nitrogen and oxygen atoms in total. The highest BCUT2D eigenvalue weighted by atomic mass is 16.2. The third-order valence-electron chi connectivity index (χ3n) is 3.63. The Hall–Kier alpha value is -0.570. The first-order chi connectivity index (χ1) is 6.51. The summed E-state index contributed by atoms with van der Waals surface area (Å²) in [6.07, 6.45) is 2.98. The predicted octanol–water partition coefficient (Wildman–Crippen LogP) is 0.982. The van der Waals surface area contributed by atoms with Crippen molar-refractivity contribution < 1.29 is 4.79 Å². The van der Waals surface area contributed by atoms with Gasteiger partial charge in [0.15, 0.2) is 0 Å². The molecule has 2 aliphatic rings. The summed E-state index contributed by atoms with van der Waals surface area (Å²) in [5, 5.41) is 0. The summed E-state index contributed by atoms with van der Waals surface area (Å²) >= 11 is 0. The Bertz CT molecular complexity index is 252. The van der Waals surface area contributed by atoms with E-state index >= 15 is 0 Å². The number of hydrogen-bond donors (Lipinski definition) is 1. The topological polar surface area (TPSA) is 46.3 Å². The number of rotatable bonds is 2. The highest BCUT2D eigenvalue weighted by Gasteiger charge is 2.51. The number of hydrogen-bond acceptors (Lipinski definition) is 2. The van der Waals surface area contributed by atoms with Crippen LogP contribution >= 0.6 is 0 Å². The molecular weight excluding hydrogens is 176 g/mol. The Balaban J connectivity index is 1.92. The number of nitrogens with two attached hydrogens (primary N) is 1. The molecule has 80 valence electrons. The van der Waals surface area contributed by atoms with Crippen molar-refractivity contribution in [1.29, 1.82) is 0 Å². The minimum atomic E-state index is -0.0212. The molecule has 1 amide bonds. The highest BCUT2D eigenvalue weighted by Crippen LogP contribution is 2.42. The molecule has 1 saturated heterocycles. The minimum Gasteiger partial charge on any atom is -0.340 e. The molecule has 2 fully saturated rings. The zero-order valence-corrected chi connectivity index (χ0v) is 9.12. The number of carbonyl (C=O) groups excluding carboxylic acids is 1. The van der Waals surface area contributed by atoms with Crippen molar-refractivity contribution in [3.05, 3.63) is 0 Å². The van der Waals surface area contributed by atoms with Crippen LogP contribution in [-0.4, -0.2) is 29.4 Å². The Morgan fingerprint density at radius 2 is 2.36 bits per heavy atom. The average Bonchev–Trinajstić information content (AvgIpc) is 2.28. The maximum atomic E-state index is 11.8. The fraction of sp³-hybridized carbons (Fsp3) is 0.909. The van der Waals surface area contributed by atoms with Gasteiger partial charge in [-0.15, -0.1) is 0 Å². The zero-order valence-electron chi connectivity index (χ0n) is 9.12. The summed E-state index contributed by atoms with van der Waals surface area (Å²) in [4.78, 5) is 13.8. The van der Waals surface area contributed by atoms with Crippen molar-refractivity contribution in [2.24, 2.45) is 17.6 Å². The maximum Gasteiger partial charge on any atom is 0.222 e. The molecule has 0 aromatic heterocycles. The van der Waals surface area contributed by atoms with Gasteiger partial charge in [-0.25, -0.2) is 0 Å². The van der Waals surface area contributed by atoms with Crippen LogP contribution in [0.15, 0.2) is 0 Å². The molecule has 1 aliphatic carbocycles. The van der Waals surface area contributed by atoms with E-state index in [1.54, 1.807) is 0 Å². The summed E-state index contributed by atoms with van der Waals surface area (Å²) in [5.74, 6) is 1.33. The number of amides is 1. The second-order valence-corrected chi connectivity index (χ2v) is 5.34. The fourth-order valence-corrected chi connectivity index (χ4v) is 2.55. The number of likely N-dealkylation sites (tertiary alicyclic amines) is 1. The van der Waals surface area contributed by atoms with E-state index in [1.165, 1.54) is 6.42 Å². The van der Waals surface area contributed by atoms with E-state index in [2.05, 4.69) is 13.8 Å². The lowest BCUT2D eigenvalue weighted by molar-refractivity contribution is -0.131. The van der Waals surface area contributed by atoms with Crippen molar-refractivity contribution in [3.8, 4) is 0 Å². The maximum absolute atomic E-state index is 11.8. The zero-order chi connectivity index (χ0) is 10.3. The van der Waals surface area contributed by atoms with Gasteiger partial charge in [-0.2, -0.15) is 0 Å². The summed E-state index contributed by atoms with van der Waals surface area (Å²) in [6.45, 7) is 5.87. The molecule has 1 saturated carbocycles. The van der Waals surface area contributed by atoms with Crippen LogP contribution in [0.25, 0.3) is 0 Å². The Labute approximate surface area is 85.6 Å². The molecule has 0 aromatic carbocycles. The molecule has 1 heterocycles. The van der Waals surface area contributed by atoms with E-state index in [-0.39, 0.29) is 5.54 Å². The molecule has 2 atom stereocenters. The van der Waals surface area contributed by atoms with Gasteiger partial charge in [-0.3, -0.25) is 4.79 Å². The summed E-state index contributed by atoms with van der Waals surface area (Å²) in [5.41, 5.74) is 6.15. The third-order valence-corrected chi connectivity index (χ3v) is 3.63. The smallest absolute Gasteiger partial charge is 0.222 e. The van der Waals surface area contributed by atoms with Crippen LogP contribution in [0.1, 0.15) is 33.1 Å². The van der Waals surface area contributed by atoms with Crippen molar-refractivity contribution in [3.63, 3.8) is 0 Å². The number of nitrogens with zero attached hydrogens (tertiary/aromatic N) is 1. The van der Waals surface area contributed by atoms with Crippen LogP contribution in [-0.2, 0) is 4.79 Å². The second-order valence-electron chi connectivity index (χ2n) is 5.34. The minimum absolute atomic E-state index is 0.0212. The van der Waals surface area contributed by atoms with Gasteiger partial charge in [0.1, 0.15) is 0 Å². The second kappa shape index (κ2) is 3.23. The molecule has 3 heteroatoms. The van der Waals surface area contributed by atoms with Crippen LogP contribution in [0, 0.1) is 11.8 Å². The molecule has 14 heavy (non-hydrogen) atoms. The largest absolute Gasteiger partial charge is 0.340 e. The van der Waals surface area contributed by atoms with Crippen LogP contribution in [0.2, 0.25) is 0 Å². The van der Waals surface area contributed by atoms with E-state index in [0.29, 0.717) is 24.2 Å². The molecular formula is C11H20N2O. The van der Waals surface area contributed by atoms with E-state index in [0.717, 1.165) is 19.5 Å². The van der Waals surface area contributed by atoms with E-state index in [9.17, 15) is 4.79 Å². The van der Waals surface area contributed by atoms with E-state index in [1.807, 2.05) is 4.90 Å². The Morgan fingerprint density at radius 1 is 1.64 bits per heavy atom. The lowest BCUT2D eigenvalue weighted by Crippen LogP contribution is -2.54. The van der Waals surface area contributed by atoms with Gasteiger partial charge in [0.2, 0.25) is 5.91 Å². The summed E-state index contributed by atoms with van der Waals surface area (Å²) < 4.78 is 0. The van der Waals surface area contributed by atoms with Crippen molar-refractivity contribution in [2.75, 3.05) is 13.1 Å². The normalized spacial score (nSPS) is 35.7. The van der Waals surface area contributed by atoms with Crippen molar-refractivity contribution in [2.45, 2.75) is 38.6 Å². The molecule has 0 radical (unpaired) electrons. The monoisotopic (exact) mass is 196 g/mol. The first-order valence-corrected chi connectivity index (χ1v) is 5.58. The average molecular weight is 196 g/mol. The quantitative estimate of drug-likeness (QED) is 0.715. The Morgan fingerprint density at radius 3 is 2.71 bits per heavy atom. The van der Waals surface area contributed by atoms with Gasteiger partial charge >= 0.3 is 0 Å². The van der Waals surface area contributed by atoms with Crippen LogP contribution in [0.5, 0.6) is 0 Å². The first-order valence-electron chi connectivity index (χ1n) is 5.58. The van der Waals surface area contributed by atoms with Gasteiger partial charge in [-0.05, 0) is 24.7 Å². The Kier molecular flexibility index (Phi) is 2.30. The molecule has 0 spiro atoms. The molecule has 2 rings (SSSR count). The highest BCUT2D eigenvalue weighted by molar-refractivity contribution is 5.77. The van der Waals surface area contributed by atoms with Gasteiger partial charge in [0, 0.05) is 25.0 Å². The summed E-state index contributed by atoms with van der Waals surface area (Å²) in [7, 11) is 0. The van der Waals surface area contributed by atoms with Gasteiger partial charge in [0.25, 0.3) is 0 Å². The van der Waals surface area contributed by atoms with E-state index in [4.69, 9.17) is 5.73 Å². The first kappa shape index (κ1) is 9.97. The molecule has 2 N–H and O–H groups in total. The standard InChI is InChI=1S/C11H20N2O/c1-8(2)5-10(14)13-6-9-3-4-11(9,12)7-13/h8-9H,3-7,12H2,1-2H3. The van der Waals surface area contributed by atoms with Crippen LogP contribution in [0.3, 0.4) is 0 Å². The SMILES string of the molecule is CC(C)CC(=O)N1CC2CCC2(N)C1.